The number of carbonyl (C=O) groups is 1. The van der Waals surface area contributed by atoms with Crippen LogP contribution in [0, 0.1) is 6.92 Å². The highest BCUT2D eigenvalue weighted by Gasteiger charge is 2.15. The van der Waals surface area contributed by atoms with Gasteiger partial charge in [0.2, 0.25) is 0 Å². The maximum Gasteiger partial charge on any atom is 0.332 e. The van der Waals surface area contributed by atoms with Gasteiger partial charge >= 0.3 is 5.97 Å². The van der Waals surface area contributed by atoms with E-state index in [4.69, 9.17) is 10.2 Å². The summed E-state index contributed by atoms with van der Waals surface area (Å²) in [6.07, 6.45) is -1.55. The molecular formula is C10H12O4. The van der Waals surface area contributed by atoms with Gasteiger partial charge in [0.1, 0.15) is 5.75 Å². The molecule has 1 rings (SSSR count). The highest BCUT2D eigenvalue weighted by atomic mass is 16.4. The number of hydrogen-bond acceptors (Lipinski definition) is 3. The van der Waals surface area contributed by atoms with Crippen molar-refractivity contribution < 1.29 is 20.1 Å². The third-order valence-corrected chi connectivity index (χ3v) is 1.94. The summed E-state index contributed by atoms with van der Waals surface area (Å²) in [5.74, 6) is -1.27. The number of carboxylic acids is 1. The van der Waals surface area contributed by atoms with E-state index in [2.05, 4.69) is 0 Å². The van der Waals surface area contributed by atoms with Crippen LogP contribution in [0.25, 0.3) is 0 Å². The molecular weight excluding hydrogens is 184 g/mol. The minimum atomic E-state index is -1.47. The zero-order chi connectivity index (χ0) is 10.7. The molecule has 0 aliphatic rings. The van der Waals surface area contributed by atoms with Gasteiger partial charge in [-0.25, -0.2) is 4.79 Å². The number of aliphatic hydroxyl groups excluding tert-OH is 1. The molecule has 1 atom stereocenters. The number of aromatic hydroxyl groups is 1. The molecule has 0 saturated carbocycles. The number of rotatable bonds is 3. The van der Waals surface area contributed by atoms with Gasteiger partial charge in [-0.2, -0.15) is 0 Å². The van der Waals surface area contributed by atoms with E-state index in [0.717, 1.165) is 5.56 Å². The Labute approximate surface area is 81.4 Å². The molecule has 0 bridgehead atoms. The van der Waals surface area contributed by atoms with E-state index in [1.54, 1.807) is 12.1 Å². The molecule has 0 fully saturated rings. The fourth-order valence-corrected chi connectivity index (χ4v) is 1.14. The van der Waals surface area contributed by atoms with E-state index in [1.165, 1.54) is 6.07 Å². The van der Waals surface area contributed by atoms with Crippen LogP contribution in [-0.4, -0.2) is 27.4 Å². The highest BCUT2D eigenvalue weighted by molar-refractivity contribution is 5.72. The summed E-state index contributed by atoms with van der Waals surface area (Å²) in [7, 11) is 0. The third kappa shape index (κ3) is 2.47. The Balaban J connectivity index is 2.82. The van der Waals surface area contributed by atoms with Crippen LogP contribution in [0.2, 0.25) is 0 Å². The smallest absolute Gasteiger partial charge is 0.332 e. The molecule has 4 heteroatoms. The predicted octanol–water partition coefficient (Wildman–Crippen LogP) is 0.689. The molecule has 1 aromatic rings. The Morgan fingerprint density at radius 3 is 2.64 bits per heavy atom. The first-order chi connectivity index (χ1) is 6.50. The lowest BCUT2D eigenvalue weighted by Crippen LogP contribution is -2.21. The molecule has 1 unspecified atom stereocenters. The first-order valence-corrected chi connectivity index (χ1v) is 4.20. The predicted molar refractivity (Wildman–Crippen MR) is 50.2 cm³/mol. The van der Waals surface area contributed by atoms with Gasteiger partial charge in [0.05, 0.1) is 0 Å². The zero-order valence-electron chi connectivity index (χ0n) is 7.77. The molecule has 76 valence electrons. The van der Waals surface area contributed by atoms with Crippen molar-refractivity contribution in [2.75, 3.05) is 0 Å². The van der Waals surface area contributed by atoms with Gasteiger partial charge in [0.25, 0.3) is 0 Å². The number of phenols is 1. The topological polar surface area (TPSA) is 77.8 Å². The highest BCUT2D eigenvalue weighted by Crippen LogP contribution is 2.19. The van der Waals surface area contributed by atoms with Crippen LogP contribution in [-0.2, 0) is 11.2 Å². The lowest BCUT2D eigenvalue weighted by Gasteiger charge is -2.07. The lowest BCUT2D eigenvalue weighted by atomic mass is 10.1. The van der Waals surface area contributed by atoms with Gasteiger partial charge in [0, 0.05) is 6.42 Å². The van der Waals surface area contributed by atoms with Gasteiger partial charge in [-0.1, -0.05) is 12.1 Å². The monoisotopic (exact) mass is 196 g/mol. The average Bonchev–Trinajstić information content (AvgIpc) is 2.09. The van der Waals surface area contributed by atoms with Crippen LogP contribution in [0.4, 0.5) is 0 Å². The largest absolute Gasteiger partial charge is 0.508 e. The first-order valence-electron chi connectivity index (χ1n) is 4.20. The fraction of sp³-hybridized carbons (Fsp3) is 0.300. The number of carboxylic acid groups (broad SMARTS) is 1. The van der Waals surface area contributed by atoms with Crippen LogP contribution < -0.4 is 0 Å². The number of aryl methyl sites for hydroxylation is 1. The van der Waals surface area contributed by atoms with E-state index in [1.807, 2.05) is 6.92 Å². The Kier molecular flexibility index (Phi) is 3.09. The summed E-state index contributed by atoms with van der Waals surface area (Å²) >= 11 is 0. The number of phenolic OH excluding ortho intramolecular Hbond substituents is 1. The summed E-state index contributed by atoms with van der Waals surface area (Å²) in [4.78, 5) is 10.4. The molecule has 0 heterocycles. The van der Waals surface area contributed by atoms with Crippen molar-refractivity contribution in [1.82, 2.24) is 0 Å². The summed E-state index contributed by atoms with van der Waals surface area (Å²) in [6.45, 7) is 1.82. The second-order valence-corrected chi connectivity index (χ2v) is 3.19. The molecule has 1 aromatic carbocycles. The molecule has 14 heavy (non-hydrogen) atoms. The second kappa shape index (κ2) is 4.11. The van der Waals surface area contributed by atoms with Crippen molar-refractivity contribution in [3.8, 4) is 5.75 Å². The normalized spacial score (nSPS) is 12.4. The maximum atomic E-state index is 10.4. The molecule has 0 saturated heterocycles. The Hall–Kier alpha value is -1.55. The molecule has 0 aliphatic carbocycles. The van der Waals surface area contributed by atoms with E-state index < -0.39 is 12.1 Å². The summed E-state index contributed by atoms with van der Waals surface area (Å²) in [5.41, 5.74) is 1.32. The molecule has 0 aromatic heterocycles. The molecule has 0 aliphatic heterocycles. The van der Waals surface area contributed by atoms with Crippen molar-refractivity contribution in [3.05, 3.63) is 29.3 Å². The van der Waals surface area contributed by atoms with Crippen LogP contribution in [0.3, 0.4) is 0 Å². The summed E-state index contributed by atoms with van der Waals surface area (Å²) in [6, 6.07) is 4.89. The van der Waals surface area contributed by atoms with Gasteiger partial charge in [-0.15, -0.1) is 0 Å². The molecule has 3 N–H and O–H groups in total. The standard InChI is InChI=1S/C10H12O4/c1-6-2-3-7(8(11)4-6)5-9(12)10(13)14/h2-4,9,11-12H,5H2,1H3,(H,13,14). The summed E-state index contributed by atoms with van der Waals surface area (Å²) in [5, 5.41) is 26.9. The van der Waals surface area contributed by atoms with Crippen LogP contribution in [0.1, 0.15) is 11.1 Å². The number of aliphatic hydroxyl groups is 1. The lowest BCUT2D eigenvalue weighted by molar-refractivity contribution is -0.146. The second-order valence-electron chi connectivity index (χ2n) is 3.19. The zero-order valence-corrected chi connectivity index (χ0v) is 7.77. The van der Waals surface area contributed by atoms with Gasteiger partial charge in [-0.05, 0) is 24.1 Å². The van der Waals surface area contributed by atoms with Crippen molar-refractivity contribution in [3.63, 3.8) is 0 Å². The Morgan fingerprint density at radius 2 is 2.14 bits per heavy atom. The fourth-order valence-electron chi connectivity index (χ4n) is 1.14. The van der Waals surface area contributed by atoms with Gasteiger partial charge in [-0.3, -0.25) is 0 Å². The molecule has 0 amide bonds. The van der Waals surface area contributed by atoms with Crippen molar-refractivity contribution >= 4 is 5.97 Å². The number of hydrogen-bond donors (Lipinski definition) is 3. The van der Waals surface area contributed by atoms with Crippen LogP contribution in [0.5, 0.6) is 5.75 Å². The van der Waals surface area contributed by atoms with E-state index in [-0.39, 0.29) is 12.2 Å². The van der Waals surface area contributed by atoms with Crippen molar-refractivity contribution in [1.29, 1.82) is 0 Å². The van der Waals surface area contributed by atoms with Crippen LogP contribution in [0.15, 0.2) is 18.2 Å². The first kappa shape index (κ1) is 10.5. The number of benzene rings is 1. The summed E-state index contributed by atoms with van der Waals surface area (Å²) < 4.78 is 0. The molecule has 0 spiro atoms. The quantitative estimate of drug-likeness (QED) is 0.664. The van der Waals surface area contributed by atoms with E-state index >= 15 is 0 Å². The molecule has 0 radical (unpaired) electrons. The van der Waals surface area contributed by atoms with Gasteiger partial charge < -0.3 is 15.3 Å². The minimum Gasteiger partial charge on any atom is -0.508 e. The SMILES string of the molecule is Cc1ccc(CC(O)C(=O)O)c(O)c1. The maximum absolute atomic E-state index is 10.4. The Morgan fingerprint density at radius 1 is 1.50 bits per heavy atom. The van der Waals surface area contributed by atoms with E-state index in [0.29, 0.717) is 5.56 Å². The Bertz CT molecular complexity index is 346. The van der Waals surface area contributed by atoms with Gasteiger partial charge in [0.15, 0.2) is 6.10 Å². The average molecular weight is 196 g/mol. The third-order valence-electron chi connectivity index (χ3n) is 1.94. The minimum absolute atomic E-state index is 0.0188. The van der Waals surface area contributed by atoms with Crippen molar-refractivity contribution in [2.45, 2.75) is 19.4 Å². The van der Waals surface area contributed by atoms with Crippen molar-refractivity contribution in [2.24, 2.45) is 0 Å². The number of aliphatic carboxylic acids is 1. The van der Waals surface area contributed by atoms with Crippen LogP contribution >= 0.6 is 0 Å². The van der Waals surface area contributed by atoms with E-state index in [9.17, 15) is 9.90 Å². The molecule has 4 nitrogen and oxygen atoms in total.